The van der Waals surface area contributed by atoms with E-state index in [2.05, 4.69) is 0 Å². The maximum Gasteiger partial charge on any atom is 0.277 e. The minimum Gasteiger partial charge on any atom is -0.497 e. The Morgan fingerprint density at radius 1 is 1.00 bits per heavy atom. The van der Waals surface area contributed by atoms with Gasteiger partial charge in [-0.05, 0) is 31.2 Å². The van der Waals surface area contributed by atoms with Crippen LogP contribution < -0.4 is 9.47 Å². The number of hydrogen-bond acceptors (Lipinski definition) is 7. The molecule has 0 radical (unpaired) electrons. The summed E-state index contributed by atoms with van der Waals surface area (Å²) >= 11 is 0. The summed E-state index contributed by atoms with van der Waals surface area (Å²) in [6.07, 6.45) is 0. The summed E-state index contributed by atoms with van der Waals surface area (Å²) in [5, 5.41) is 22.0. The van der Waals surface area contributed by atoms with Gasteiger partial charge in [0, 0.05) is 18.7 Å². The molecule has 0 spiro atoms. The van der Waals surface area contributed by atoms with Crippen LogP contribution in [0.25, 0.3) is 0 Å². The largest absolute Gasteiger partial charge is 0.497 e. The maximum absolute atomic E-state index is 12.7. The Morgan fingerprint density at radius 3 is 2.00 bits per heavy atom. The van der Waals surface area contributed by atoms with E-state index in [1.165, 1.54) is 4.90 Å². The Kier molecular flexibility index (Phi) is 6.85. The van der Waals surface area contributed by atoms with Gasteiger partial charge < -0.3 is 14.4 Å². The van der Waals surface area contributed by atoms with Crippen LogP contribution in [0.3, 0.4) is 0 Å². The summed E-state index contributed by atoms with van der Waals surface area (Å²) in [5.74, 6) is 0.730. The Labute approximate surface area is 160 Å². The average molecular weight is 389 g/mol. The molecule has 0 N–H and O–H groups in total. The van der Waals surface area contributed by atoms with Gasteiger partial charge in [0.1, 0.15) is 18.1 Å². The van der Waals surface area contributed by atoms with Crippen LogP contribution in [0.1, 0.15) is 17.3 Å². The number of rotatable bonds is 9. The lowest BCUT2D eigenvalue weighted by Crippen LogP contribution is -2.34. The molecule has 2 rings (SSSR count). The van der Waals surface area contributed by atoms with Gasteiger partial charge in [-0.1, -0.05) is 0 Å². The summed E-state index contributed by atoms with van der Waals surface area (Å²) in [4.78, 5) is 34.5. The number of nitro benzene ring substituents is 2. The number of benzene rings is 2. The molecule has 10 heteroatoms. The zero-order chi connectivity index (χ0) is 20.7. The number of carbonyl (C=O) groups is 1. The fourth-order valence-electron chi connectivity index (χ4n) is 2.46. The normalized spacial score (nSPS) is 10.2. The Balaban J connectivity index is 2.09. The first-order valence-corrected chi connectivity index (χ1v) is 8.35. The van der Waals surface area contributed by atoms with Crippen molar-refractivity contribution < 1.29 is 24.1 Å². The van der Waals surface area contributed by atoms with Crippen LogP contribution >= 0.6 is 0 Å². The van der Waals surface area contributed by atoms with Gasteiger partial charge in [-0.2, -0.15) is 0 Å². The van der Waals surface area contributed by atoms with E-state index in [1.54, 1.807) is 38.3 Å². The fourth-order valence-corrected chi connectivity index (χ4v) is 2.46. The third-order valence-corrected chi connectivity index (χ3v) is 3.93. The van der Waals surface area contributed by atoms with E-state index in [0.29, 0.717) is 18.0 Å². The molecule has 2 aromatic carbocycles. The van der Waals surface area contributed by atoms with Crippen LogP contribution in [-0.2, 0) is 0 Å². The summed E-state index contributed by atoms with van der Waals surface area (Å²) in [6.45, 7) is 2.43. The Bertz CT molecular complexity index is 836. The van der Waals surface area contributed by atoms with Crippen molar-refractivity contribution in [1.29, 1.82) is 0 Å². The summed E-state index contributed by atoms with van der Waals surface area (Å²) in [5.41, 5.74) is -1.14. The van der Waals surface area contributed by atoms with E-state index in [9.17, 15) is 25.0 Å². The molecular formula is C18H19N3O7. The molecule has 0 aliphatic rings. The zero-order valence-electron chi connectivity index (χ0n) is 15.4. The molecule has 0 bridgehead atoms. The van der Waals surface area contributed by atoms with E-state index in [4.69, 9.17) is 9.47 Å². The lowest BCUT2D eigenvalue weighted by atomic mass is 10.1. The first-order chi connectivity index (χ1) is 13.3. The van der Waals surface area contributed by atoms with Crippen LogP contribution in [0, 0.1) is 20.2 Å². The summed E-state index contributed by atoms with van der Waals surface area (Å²) in [7, 11) is 1.55. The van der Waals surface area contributed by atoms with Gasteiger partial charge in [-0.25, -0.2) is 0 Å². The number of amides is 1. The highest BCUT2D eigenvalue weighted by molar-refractivity contribution is 5.95. The van der Waals surface area contributed by atoms with Crippen LogP contribution in [0.2, 0.25) is 0 Å². The molecule has 0 saturated heterocycles. The quantitative estimate of drug-likeness (QED) is 0.476. The molecule has 0 fully saturated rings. The maximum atomic E-state index is 12.7. The van der Waals surface area contributed by atoms with Crippen LogP contribution in [0.5, 0.6) is 11.5 Å². The van der Waals surface area contributed by atoms with Gasteiger partial charge in [0.15, 0.2) is 0 Å². The van der Waals surface area contributed by atoms with E-state index >= 15 is 0 Å². The SMILES string of the molecule is CCN(CCOc1ccc(OC)cc1)C(=O)c1cc([N+](=O)[O-])cc([N+](=O)[O-])c1. The van der Waals surface area contributed by atoms with Gasteiger partial charge in [0.2, 0.25) is 0 Å². The van der Waals surface area contributed by atoms with Crippen molar-refractivity contribution >= 4 is 17.3 Å². The Morgan fingerprint density at radius 2 is 1.54 bits per heavy atom. The molecule has 0 aromatic heterocycles. The van der Waals surface area contributed by atoms with Gasteiger partial charge in [0.25, 0.3) is 17.3 Å². The standard InChI is InChI=1S/C18H19N3O7/c1-3-19(8-9-28-17-6-4-16(27-2)5-7-17)18(22)13-10-14(20(23)24)12-15(11-13)21(25)26/h4-7,10-12H,3,8-9H2,1-2H3. The fraction of sp³-hybridized carbons (Fsp3) is 0.278. The molecule has 0 saturated carbocycles. The number of hydrogen-bond donors (Lipinski definition) is 0. The van der Waals surface area contributed by atoms with Crippen LogP contribution in [-0.4, -0.2) is 47.5 Å². The number of likely N-dealkylation sites (N-methyl/N-ethyl adjacent to an activating group) is 1. The van der Waals surface area contributed by atoms with E-state index in [0.717, 1.165) is 18.2 Å². The van der Waals surface area contributed by atoms with Crippen molar-refractivity contribution in [2.24, 2.45) is 0 Å². The Hall–Kier alpha value is -3.69. The van der Waals surface area contributed by atoms with Crippen molar-refractivity contribution in [2.45, 2.75) is 6.92 Å². The number of carbonyl (C=O) groups excluding carboxylic acids is 1. The molecular weight excluding hydrogens is 370 g/mol. The number of non-ortho nitro benzene ring substituents is 2. The second kappa shape index (κ2) is 9.31. The number of nitrogens with zero attached hydrogens (tertiary/aromatic N) is 3. The summed E-state index contributed by atoms with van der Waals surface area (Å²) < 4.78 is 10.6. The smallest absolute Gasteiger partial charge is 0.277 e. The highest BCUT2D eigenvalue weighted by Crippen LogP contribution is 2.24. The van der Waals surface area contributed by atoms with Crippen LogP contribution in [0.4, 0.5) is 11.4 Å². The molecule has 28 heavy (non-hydrogen) atoms. The molecule has 0 aliphatic carbocycles. The van der Waals surface area contributed by atoms with E-state index in [1.807, 2.05) is 0 Å². The average Bonchev–Trinajstić information content (AvgIpc) is 2.70. The number of nitro groups is 2. The van der Waals surface area contributed by atoms with Crippen molar-refractivity contribution in [1.82, 2.24) is 4.90 Å². The summed E-state index contributed by atoms with van der Waals surface area (Å²) in [6, 6.07) is 9.80. The van der Waals surface area contributed by atoms with Crippen LogP contribution in [0.15, 0.2) is 42.5 Å². The number of ether oxygens (including phenoxy) is 2. The first kappa shape index (κ1) is 20.6. The lowest BCUT2D eigenvalue weighted by molar-refractivity contribution is -0.394. The lowest BCUT2D eigenvalue weighted by Gasteiger charge is -2.21. The van der Waals surface area contributed by atoms with Gasteiger partial charge in [-0.15, -0.1) is 0 Å². The third-order valence-electron chi connectivity index (χ3n) is 3.93. The number of methoxy groups -OCH3 is 1. The first-order valence-electron chi connectivity index (χ1n) is 8.35. The van der Waals surface area contributed by atoms with Crippen molar-refractivity contribution in [3.63, 3.8) is 0 Å². The third kappa shape index (κ3) is 5.16. The molecule has 0 atom stereocenters. The van der Waals surface area contributed by atoms with Gasteiger partial charge in [-0.3, -0.25) is 25.0 Å². The van der Waals surface area contributed by atoms with Crippen molar-refractivity contribution in [3.05, 3.63) is 68.3 Å². The molecule has 10 nitrogen and oxygen atoms in total. The molecule has 0 aliphatic heterocycles. The minimum atomic E-state index is -0.771. The van der Waals surface area contributed by atoms with Gasteiger partial charge >= 0.3 is 0 Å². The predicted molar refractivity (Wildman–Crippen MR) is 99.8 cm³/mol. The van der Waals surface area contributed by atoms with Crippen molar-refractivity contribution in [2.75, 3.05) is 26.8 Å². The molecule has 0 heterocycles. The predicted octanol–water partition coefficient (Wildman–Crippen LogP) is 3.05. The second-order valence-corrected chi connectivity index (χ2v) is 5.66. The molecule has 2 aromatic rings. The zero-order valence-corrected chi connectivity index (χ0v) is 15.4. The molecule has 1 amide bonds. The van der Waals surface area contributed by atoms with Gasteiger partial charge in [0.05, 0.1) is 35.1 Å². The van der Waals surface area contributed by atoms with E-state index < -0.39 is 27.1 Å². The molecule has 148 valence electrons. The highest BCUT2D eigenvalue weighted by Gasteiger charge is 2.22. The highest BCUT2D eigenvalue weighted by atomic mass is 16.6. The minimum absolute atomic E-state index is 0.118. The van der Waals surface area contributed by atoms with E-state index in [-0.39, 0.29) is 18.7 Å². The van der Waals surface area contributed by atoms with Crippen molar-refractivity contribution in [3.8, 4) is 11.5 Å². The second-order valence-electron chi connectivity index (χ2n) is 5.66. The molecule has 0 unspecified atom stereocenters. The monoisotopic (exact) mass is 389 g/mol. The topological polar surface area (TPSA) is 125 Å².